The summed E-state index contributed by atoms with van der Waals surface area (Å²) >= 11 is 0. The summed E-state index contributed by atoms with van der Waals surface area (Å²) in [6.07, 6.45) is 3.27. The summed E-state index contributed by atoms with van der Waals surface area (Å²) in [4.78, 5) is 17.6. The quantitative estimate of drug-likeness (QED) is 0.643. The van der Waals surface area contributed by atoms with Gasteiger partial charge in [-0.3, -0.25) is 4.79 Å². The van der Waals surface area contributed by atoms with Crippen LogP contribution < -0.4 is 16.2 Å². The van der Waals surface area contributed by atoms with Gasteiger partial charge in [0.25, 0.3) is 5.56 Å². The maximum Gasteiger partial charge on any atom is 0.293 e. The van der Waals surface area contributed by atoms with Crippen LogP contribution in [0.25, 0.3) is 0 Å². The zero-order valence-corrected chi connectivity index (χ0v) is 8.40. The van der Waals surface area contributed by atoms with E-state index >= 15 is 0 Å². The third-order valence-electron chi connectivity index (χ3n) is 2.40. The second kappa shape index (κ2) is 2.81. The van der Waals surface area contributed by atoms with Crippen LogP contribution in [-0.2, 0) is 7.05 Å². The number of aryl methyl sites for hydroxylation is 1. The van der Waals surface area contributed by atoms with Gasteiger partial charge in [0, 0.05) is 38.1 Å². The Morgan fingerprint density at radius 2 is 2.21 bits per heavy atom. The van der Waals surface area contributed by atoms with E-state index in [0.29, 0.717) is 18.9 Å². The Balaban J connectivity index is 2.27. The van der Waals surface area contributed by atoms with E-state index in [1.54, 1.807) is 19.4 Å². The van der Waals surface area contributed by atoms with Gasteiger partial charge in [-0.1, -0.05) is 0 Å². The Kier molecular flexibility index (Phi) is 1.85. The average Bonchev–Trinajstić information content (AvgIpc) is 2.06. The van der Waals surface area contributed by atoms with E-state index in [-0.39, 0.29) is 11.1 Å². The third-order valence-corrected chi connectivity index (χ3v) is 2.40. The fourth-order valence-corrected chi connectivity index (χ4v) is 1.68. The number of nitrogens with two attached hydrogens (primary N) is 1. The number of hydrogen-bond acceptors (Lipinski definition) is 4. The largest absolute Gasteiger partial charge is 0.348 e. The normalized spacial score (nSPS) is 19.2. The summed E-state index contributed by atoms with van der Waals surface area (Å²) in [6, 6.07) is 0. The lowest BCUT2D eigenvalue weighted by Crippen LogP contribution is -2.66. The standard InChI is InChI=1S/C9H14N4O/c1-9(10)5-13(6-9)7-8(14)12(2)4-3-11-7/h3-4H,5-6,10H2,1-2H3. The predicted molar refractivity (Wildman–Crippen MR) is 54.3 cm³/mol. The molecule has 1 aliphatic heterocycles. The average molecular weight is 194 g/mol. The van der Waals surface area contributed by atoms with E-state index < -0.39 is 0 Å². The molecule has 14 heavy (non-hydrogen) atoms. The molecule has 2 rings (SSSR count). The molecule has 0 unspecified atom stereocenters. The highest BCUT2D eigenvalue weighted by Crippen LogP contribution is 2.20. The van der Waals surface area contributed by atoms with Crippen LogP contribution in [0.3, 0.4) is 0 Å². The molecule has 1 fully saturated rings. The molecule has 0 atom stereocenters. The van der Waals surface area contributed by atoms with E-state index in [1.165, 1.54) is 4.57 Å². The molecule has 1 aliphatic rings. The molecule has 0 bridgehead atoms. The molecule has 0 aromatic carbocycles. The number of rotatable bonds is 1. The molecule has 5 nitrogen and oxygen atoms in total. The van der Waals surface area contributed by atoms with Gasteiger partial charge < -0.3 is 15.2 Å². The zero-order valence-electron chi connectivity index (χ0n) is 8.40. The molecule has 5 heteroatoms. The highest BCUT2D eigenvalue weighted by Gasteiger charge is 2.36. The van der Waals surface area contributed by atoms with Gasteiger partial charge in [-0.2, -0.15) is 0 Å². The molecule has 0 spiro atoms. The Morgan fingerprint density at radius 3 is 2.79 bits per heavy atom. The summed E-state index contributed by atoms with van der Waals surface area (Å²) in [6.45, 7) is 3.36. The Bertz CT molecular complexity index is 402. The lowest BCUT2D eigenvalue weighted by molar-refractivity contribution is 0.361. The van der Waals surface area contributed by atoms with Crippen molar-refractivity contribution in [2.75, 3.05) is 18.0 Å². The first-order valence-corrected chi connectivity index (χ1v) is 4.55. The zero-order chi connectivity index (χ0) is 10.3. The Morgan fingerprint density at radius 1 is 1.57 bits per heavy atom. The smallest absolute Gasteiger partial charge is 0.293 e. The number of anilines is 1. The first kappa shape index (κ1) is 9.21. The first-order chi connectivity index (χ1) is 6.49. The second-order valence-corrected chi connectivity index (χ2v) is 4.18. The monoisotopic (exact) mass is 194 g/mol. The summed E-state index contributed by atoms with van der Waals surface area (Å²) in [5.74, 6) is 0.498. The van der Waals surface area contributed by atoms with E-state index in [0.717, 1.165) is 0 Å². The van der Waals surface area contributed by atoms with Crippen LogP contribution in [-0.4, -0.2) is 28.2 Å². The van der Waals surface area contributed by atoms with Gasteiger partial charge in [0.1, 0.15) is 0 Å². The van der Waals surface area contributed by atoms with Crippen molar-refractivity contribution in [2.24, 2.45) is 12.8 Å². The molecular formula is C9H14N4O. The van der Waals surface area contributed by atoms with Gasteiger partial charge in [-0.15, -0.1) is 0 Å². The van der Waals surface area contributed by atoms with Crippen molar-refractivity contribution in [3.8, 4) is 0 Å². The molecule has 1 aromatic heterocycles. The highest BCUT2D eigenvalue weighted by molar-refractivity contribution is 5.42. The van der Waals surface area contributed by atoms with E-state index in [4.69, 9.17) is 5.73 Å². The molecule has 1 saturated heterocycles. The van der Waals surface area contributed by atoms with Crippen LogP contribution in [0.15, 0.2) is 17.2 Å². The maximum absolute atomic E-state index is 11.6. The van der Waals surface area contributed by atoms with E-state index in [9.17, 15) is 4.79 Å². The predicted octanol–water partition coefficient (Wildman–Crippen LogP) is -0.682. The molecule has 76 valence electrons. The minimum absolute atomic E-state index is 0.0667. The van der Waals surface area contributed by atoms with Crippen molar-refractivity contribution < 1.29 is 0 Å². The molecule has 0 amide bonds. The van der Waals surface area contributed by atoms with E-state index in [2.05, 4.69) is 4.98 Å². The molecule has 0 saturated carbocycles. The van der Waals surface area contributed by atoms with Crippen LogP contribution in [0.2, 0.25) is 0 Å². The Labute approximate surface area is 82.2 Å². The van der Waals surface area contributed by atoms with Crippen LogP contribution in [0, 0.1) is 0 Å². The summed E-state index contributed by atoms with van der Waals surface area (Å²) in [5.41, 5.74) is 5.61. The highest BCUT2D eigenvalue weighted by atomic mass is 16.1. The molecule has 2 heterocycles. The van der Waals surface area contributed by atoms with Gasteiger partial charge in [-0.25, -0.2) is 4.98 Å². The van der Waals surface area contributed by atoms with Gasteiger partial charge in [0.15, 0.2) is 5.82 Å². The lowest BCUT2D eigenvalue weighted by Gasteiger charge is -2.45. The fraction of sp³-hybridized carbons (Fsp3) is 0.556. The number of nitrogens with zero attached hydrogens (tertiary/aromatic N) is 3. The topological polar surface area (TPSA) is 64.2 Å². The SMILES string of the molecule is Cn1ccnc(N2CC(C)(N)C2)c1=O. The fourth-order valence-electron chi connectivity index (χ4n) is 1.68. The van der Waals surface area contributed by atoms with Crippen molar-refractivity contribution in [3.63, 3.8) is 0 Å². The maximum atomic E-state index is 11.6. The first-order valence-electron chi connectivity index (χ1n) is 4.55. The van der Waals surface area contributed by atoms with Crippen molar-refractivity contribution in [1.82, 2.24) is 9.55 Å². The lowest BCUT2D eigenvalue weighted by atomic mass is 9.94. The molecule has 2 N–H and O–H groups in total. The Hall–Kier alpha value is -1.36. The number of hydrogen-bond donors (Lipinski definition) is 1. The van der Waals surface area contributed by atoms with Crippen molar-refractivity contribution in [3.05, 3.63) is 22.7 Å². The van der Waals surface area contributed by atoms with Gasteiger partial charge in [0.2, 0.25) is 0 Å². The minimum atomic E-state index is -0.178. The van der Waals surface area contributed by atoms with Gasteiger partial charge in [-0.05, 0) is 6.92 Å². The summed E-state index contributed by atoms with van der Waals surface area (Å²) < 4.78 is 1.52. The van der Waals surface area contributed by atoms with Crippen molar-refractivity contribution >= 4 is 5.82 Å². The molecule has 1 aromatic rings. The summed E-state index contributed by atoms with van der Waals surface area (Å²) in [5, 5.41) is 0. The van der Waals surface area contributed by atoms with Crippen LogP contribution in [0.1, 0.15) is 6.92 Å². The molecular weight excluding hydrogens is 180 g/mol. The number of aromatic nitrogens is 2. The van der Waals surface area contributed by atoms with Gasteiger partial charge >= 0.3 is 0 Å². The van der Waals surface area contributed by atoms with Crippen LogP contribution in [0.4, 0.5) is 5.82 Å². The van der Waals surface area contributed by atoms with Crippen molar-refractivity contribution in [2.45, 2.75) is 12.5 Å². The van der Waals surface area contributed by atoms with Gasteiger partial charge in [0.05, 0.1) is 0 Å². The summed E-state index contributed by atoms with van der Waals surface area (Å²) in [7, 11) is 1.72. The van der Waals surface area contributed by atoms with Crippen molar-refractivity contribution in [1.29, 1.82) is 0 Å². The second-order valence-electron chi connectivity index (χ2n) is 4.18. The molecule has 0 radical (unpaired) electrons. The van der Waals surface area contributed by atoms with Crippen LogP contribution in [0.5, 0.6) is 0 Å². The van der Waals surface area contributed by atoms with E-state index in [1.807, 2.05) is 11.8 Å². The van der Waals surface area contributed by atoms with Crippen LogP contribution >= 0.6 is 0 Å². The minimum Gasteiger partial charge on any atom is -0.348 e. The molecule has 0 aliphatic carbocycles. The third kappa shape index (κ3) is 1.39.